The molecular formula is C74H83N3O16. The van der Waals surface area contributed by atoms with Crippen molar-refractivity contribution in [3.63, 3.8) is 0 Å². The highest BCUT2D eigenvalue weighted by atomic mass is 16.8. The molecule has 3 unspecified atom stereocenters. The predicted molar refractivity (Wildman–Crippen MR) is 344 cm³/mol. The minimum absolute atomic E-state index is 0.0453. The van der Waals surface area contributed by atoms with Crippen LogP contribution in [-0.4, -0.2) is 124 Å². The van der Waals surface area contributed by atoms with Gasteiger partial charge >= 0.3 is 5.97 Å². The monoisotopic (exact) mass is 1270 g/mol. The third-order valence-corrected chi connectivity index (χ3v) is 16.2. The molecule has 0 amide bonds. The second-order valence-electron chi connectivity index (χ2n) is 23.0. The average Bonchev–Trinajstić information content (AvgIpc) is 0.778. The molecule has 0 saturated carbocycles. The van der Waals surface area contributed by atoms with Gasteiger partial charge in [-0.15, -0.1) is 6.58 Å². The van der Waals surface area contributed by atoms with E-state index >= 15 is 0 Å². The Balaban J connectivity index is 1.09. The van der Waals surface area contributed by atoms with Gasteiger partial charge in [0.2, 0.25) is 0 Å². The zero-order valence-electron chi connectivity index (χ0n) is 52.9. The Kier molecular flexibility index (Phi) is 26.1. The van der Waals surface area contributed by atoms with Crippen molar-refractivity contribution in [2.24, 2.45) is 5.11 Å². The van der Waals surface area contributed by atoms with Crippen molar-refractivity contribution >= 4 is 5.97 Å². The van der Waals surface area contributed by atoms with Gasteiger partial charge in [-0.25, -0.2) is 0 Å². The first-order valence-electron chi connectivity index (χ1n) is 31.5. The van der Waals surface area contributed by atoms with Crippen molar-refractivity contribution in [3.05, 3.63) is 268 Å². The van der Waals surface area contributed by atoms with E-state index < -0.39 is 104 Å². The van der Waals surface area contributed by atoms with Gasteiger partial charge in [0.1, 0.15) is 66.7 Å². The van der Waals surface area contributed by atoms with Crippen LogP contribution in [0, 0.1) is 0 Å². The van der Waals surface area contributed by atoms with Crippen molar-refractivity contribution in [3.8, 4) is 5.75 Å². The van der Waals surface area contributed by atoms with Crippen LogP contribution < -0.4 is 4.74 Å². The van der Waals surface area contributed by atoms with E-state index in [2.05, 4.69) is 16.6 Å². The molecule has 3 fully saturated rings. The molecule has 3 aliphatic rings. The number of carbonyl (C=O) groups excluding carboxylic acids is 1. The highest BCUT2D eigenvalue weighted by molar-refractivity contribution is 5.66. The van der Waals surface area contributed by atoms with E-state index in [1.165, 1.54) is 6.92 Å². The van der Waals surface area contributed by atoms with Crippen LogP contribution in [0.1, 0.15) is 59.7 Å². The fraction of sp³-hybridized carbons (Fsp3) is 0.392. The number of azide groups is 1. The number of hydrogen-bond donors (Lipinski definition) is 0. The number of nitrogens with zero attached hydrogens (tertiary/aromatic N) is 3. The number of hydrogen-bond acceptors (Lipinski definition) is 17. The fourth-order valence-corrected chi connectivity index (χ4v) is 11.4. The number of rotatable bonds is 33. The first-order chi connectivity index (χ1) is 45.6. The lowest BCUT2D eigenvalue weighted by atomic mass is 9.94. The zero-order chi connectivity index (χ0) is 64.6. The van der Waals surface area contributed by atoms with Gasteiger partial charge in [-0.3, -0.25) is 4.79 Å². The Morgan fingerprint density at radius 1 is 0.484 bits per heavy atom. The maximum atomic E-state index is 13.4. The van der Waals surface area contributed by atoms with E-state index in [1.807, 2.05) is 213 Å². The van der Waals surface area contributed by atoms with Crippen LogP contribution in [-0.2, 0) is 117 Å². The second kappa shape index (κ2) is 35.6. The smallest absolute Gasteiger partial charge is 0.303 e. The molecule has 7 aromatic carbocycles. The second-order valence-corrected chi connectivity index (χ2v) is 23.0. The molecule has 19 nitrogen and oxygen atoms in total. The van der Waals surface area contributed by atoms with E-state index in [0.717, 1.165) is 38.9 Å². The lowest BCUT2D eigenvalue weighted by Gasteiger charge is -2.51. The summed E-state index contributed by atoms with van der Waals surface area (Å²) in [4.78, 5) is 16.8. The molecule has 10 rings (SSSR count). The number of carbonyl (C=O) groups is 1. The topological polar surface area (TPSA) is 204 Å². The summed E-state index contributed by atoms with van der Waals surface area (Å²) < 4.78 is 103. The Labute approximate surface area is 544 Å². The van der Waals surface area contributed by atoms with Gasteiger partial charge in [0.05, 0.1) is 78.8 Å². The van der Waals surface area contributed by atoms with Crippen LogP contribution in [0.15, 0.2) is 224 Å². The summed E-state index contributed by atoms with van der Waals surface area (Å²) in [6.07, 6.45) is -14.6. The maximum absolute atomic E-state index is 13.4. The summed E-state index contributed by atoms with van der Waals surface area (Å²) >= 11 is 0. The van der Waals surface area contributed by atoms with Crippen LogP contribution >= 0.6 is 0 Å². The quantitative estimate of drug-likeness (QED) is 0.0123. The standard InChI is InChI=1S/C74H83N3O16/c1-6-50(2)87-72-63(76-77-75)67(93-73-70(85-45-57-33-21-11-22-34-57)68(83-43-55-29-17-9-18-30-55)64(51(3)88-73)82-47-59-37-39-60(79-5)40-38-59)65(61(90-72)48-80-41-53-25-13-7-14-26-53)92-74-71(86-46-58-35-23-12-24-36-58)69(84-44-56-31-19-10-20-32-56)66(89-52(4)78)62(91-74)49-81-42-54-27-15-8-16-28-54/h6-40,50-51,61-74H,1,41-49H2,2-5H3/t50?,51-,61+,62+,63+,64+,65+,66-,67+,68+,69-,70-,71+,72+,73?,74?/m0/s1. The Morgan fingerprint density at radius 3 is 1.27 bits per heavy atom. The number of benzene rings is 7. The fourth-order valence-electron chi connectivity index (χ4n) is 11.4. The van der Waals surface area contributed by atoms with Crippen LogP contribution in [0.3, 0.4) is 0 Å². The van der Waals surface area contributed by atoms with Gasteiger partial charge < -0.3 is 71.1 Å². The van der Waals surface area contributed by atoms with E-state index in [-0.39, 0.29) is 59.5 Å². The minimum Gasteiger partial charge on any atom is -0.497 e. The molecule has 0 N–H and O–H groups in total. The van der Waals surface area contributed by atoms with Gasteiger partial charge in [-0.1, -0.05) is 205 Å². The first kappa shape index (κ1) is 68.2. The summed E-state index contributed by atoms with van der Waals surface area (Å²) in [6, 6.07) is 64.5. The van der Waals surface area contributed by atoms with Crippen LogP contribution in [0.5, 0.6) is 5.75 Å². The number of ether oxygens (including phenoxy) is 15. The van der Waals surface area contributed by atoms with E-state index in [0.29, 0.717) is 5.75 Å². The molecule has 0 radical (unpaired) electrons. The summed E-state index contributed by atoms with van der Waals surface area (Å²) in [5, 5.41) is 4.44. The molecular weight excluding hydrogens is 1190 g/mol. The zero-order valence-corrected chi connectivity index (χ0v) is 52.9. The van der Waals surface area contributed by atoms with E-state index in [4.69, 9.17) is 71.1 Å². The highest BCUT2D eigenvalue weighted by Gasteiger charge is 2.57. The molecule has 0 aromatic heterocycles. The van der Waals surface area contributed by atoms with Crippen LogP contribution in [0.4, 0.5) is 0 Å². The van der Waals surface area contributed by atoms with Crippen molar-refractivity contribution < 1.29 is 75.8 Å². The Morgan fingerprint density at radius 2 is 0.849 bits per heavy atom. The van der Waals surface area contributed by atoms with Crippen LogP contribution in [0.25, 0.3) is 10.4 Å². The maximum Gasteiger partial charge on any atom is 0.303 e. The normalized spacial score (nSPS) is 26.5. The molecule has 3 heterocycles. The predicted octanol–water partition coefficient (Wildman–Crippen LogP) is 12.5. The Bertz CT molecular complexity index is 3340. The molecule has 3 aliphatic heterocycles. The Hall–Kier alpha value is -7.66. The third-order valence-electron chi connectivity index (χ3n) is 16.2. The molecule has 93 heavy (non-hydrogen) atoms. The highest BCUT2D eigenvalue weighted by Crippen LogP contribution is 2.40. The van der Waals surface area contributed by atoms with Crippen molar-refractivity contribution in [1.82, 2.24) is 0 Å². The lowest BCUT2D eigenvalue weighted by Crippen LogP contribution is -2.68. The molecule has 0 aliphatic carbocycles. The average molecular weight is 1270 g/mol. The third kappa shape index (κ3) is 19.7. The van der Waals surface area contributed by atoms with Crippen molar-refractivity contribution in [2.45, 2.75) is 165 Å². The molecule has 7 aromatic rings. The van der Waals surface area contributed by atoms with Gasteiger partial charge in [0.15, 0.2) is 25.0 Å². The first-order valence-corrected chi connectivity index (χ1v) is 31.5. The summed E-state index contributed by atoms with van der Waals surface area (Å²) in [5.41, 5.74) is 16.9. The minimum atomic E-state index is -1.41. The number of esters is 1. The lowest BCUT2D eigenvalue weighted by molar-refractivity contribution is -0.383. The molecule has 16 atom stereocenters. The van der Waals surface area contributed by atoms with Crippen LogP contribution in [0.2, 0.25) is 0 Å². The largest absolute Gasteiger partial charge is 0.497 e. The summed E-state index contributed by atoms with van der Waals surface area (Å²) in [6.45, 7) is 9.76. The van der Waals surface area contributed by atoms with Gasteiger partial charge in [0.25, 0.3) is 0 Å². The molecule has 490 valence electrons. The van der Waals surface area contributed by atoms with E-state index in [1.54, 1.807) is 20.1 Å². The SMILES string of the molecule is C=CC(C)O[C@@H]1O[C@H](COCc2ccccc2)[C@@H](OC2O[C@H](COCc3ccccc3)[C@H](OC(C)=O)[C@H](OCc3ccccc3)[C@H]2OCc2ccccc2)[C@H](OC2O[C@@H](C)[C@@H](OCc3ccc(OC)cc3)[C@@H](OCc3ccccc3)[C@@H]2OCc2ccccc2)[C@H]1N=[N+]=[N-]. The van der Waals surface area contributed by atoms with Crippen molar-refractivity contribution in [2.75, 3.05) is 20.3 Å². The van der Waals surface area contributed by atoms with Gasteiger partial charge in [-0.2, -0.15) is 0 Å². The van der Waals surface area contributed by atoms with Gasteiger partial charge in [-0.05, 0) is 70.5 Å². The summed E-state index contributed by atoms with van der Waals surface area (Å²) in [5.74, 6) is 0.121. The molecule has 0 bridgehead atoms. The van der Waals surface area contributed by atoms with Crippen molar-refractivity contribution in [1.29, 1.82) is 0 Å². The molecule has 3 saturated heterocycles. The summed E-state index contributed by atoms with van der Waals surface area (Å²) in [7, 11) is 1.62. The number of methoxy groups -OCH3 is 1. The molecule has 19 heteroatoms. The van der Waals surface area contributed by atoms with Gasteiger partial charge in [0, 0.05) is 11.8 Å². The van der Waals surface area contributed by atoms with E-state index in [9.17, 15) is 10.3 Å². The molecule has 0 spiro atoms.